The number of aliphatic hydroxyl groups is 3. The van der Waals surface area contributed by atoms with Crippen molar-refractivity contribution < 1.29 is 25.2 Å². The van der Waals surface area contributed by atoms with Crippen LogP contribution in [0, 0.1) is 11.8 Å². The molecule has 0 aromatic heterocycles. The monoisotopic (exact) mass is 382 g/mol. The highest BCUT2D eigenvalue weighted by atomic mass is 16.4. The van der Waals surface area contributed by atoms with Crippen LogP contribution in [0.3, 0.4) is 0 Å². The molecule has 0 heterocycles. The summed E-state index contributed by atoms with van der Waals surface area (Å²) < 4.78 is 0. The zero-order valence-corrected chi connectivity index (χ0v) is 16.7. The smallest absolute Gasteiger partial charge is 0.303 e. The topological polar surface area (TPSA) is 98.0 Å². The second-order valence-corrected chi connectivity index (χ2v) is 7.76. The van der Waals surface area contributed by atoms with Crippen LogP contribution in [0.1, 0.15) is 77.6 Å². The van der Waals surface area contributed by atoms with Crippen molar-refractivity contribution in [1.29, 1.82) is 0 Å². The molecule has 27 heavy (non-hydrogen) atoms. The van der Waals surface area contributed by atoms with Gasteiger partial charge in [0.05, 0.1) is 18.3 Å². The number of aliphatic carboxylic acids is 1. The van der Waals surface area contributed by atoms with E-state index in [4.69, 9.17) is 5.11 Å². The fourth-order valence-corrected chi connectivity index (χ4v) is 3.81. The quantitative estimate of drug-likeness (QED) is 0.270. The van der Waals surface area contributed by atoms with Gasteiger partial charge in [0, 0.05) is 18.8 Å². The first-order chi connectivity index (χ1) is 13.0. The molecule has 1 rings (SSSR count). The molecule has 5 heteroatoms. The van der Waals surface area contributed by atoms with Crippen LogP contribution < -0.4 is 0 Å². The fourth-order valence-electron chi connectivity index (χ4n) is 3.81. The highest BCUT2D eigenvalue weighted by Gasteiger charge is 2.39. The first-order valence-corrected chi connectivity index (χ1v) is 10.5. The Bertz CT molecular complexity index is 460. The molecule has 4 N–H and O–H groups in total. The highest BCUT2D eigenvalue weighted by molar-refractivity contribution is 5.66. The Morgan fingerprint density at radius 2 is 1.85 bits per heavy atom. The molecule has 0 aromatic carbocycles. The minimum atomic E-state index is -0.743. The molecule has 0 aromatic rings. The van der Waals surface area contributed by atoms with Gasteiger partial charge >= 0.3 is 5.97 Å². The highest BCUT2D eigenvalue weighted by Crippen LogP contribution is 2.37. The van der Waals surface area contributed by atoms with Crippen LogP contribution in [0.2, 0.25) is 0 Å². The Morgan fingerprint density at radius 3 is 2.56 bits per heavy atom. The number of hydrogen-bond donors (Lipinski definition) is 4. The molecule has 156 valence electrons. The lowest BCUT2D eigenvalue weighted by Gasteiger charge is -2.21. The van der Waals surface area contributed by atoms with Crippen molar-refractivity contribution in [3.63, 3.8) is 0 Å². The number of unbranched alkanes of at least 4 members (excludes halogenated alkanes) is 5. The second kappa shape index (κ2) is 13.9. The van der Waals surface area contributed by atoms with E-state index in [1.54, 1.807) is 6.08 Å². The summed E-state index contributed by atoms with van der Waals surface area (Å²) in [6.45, 7) is 2.15. The summed E-state index contributed by atoms with van der Waals surface area (Å²) in [4.78, 5) is 10.4. The summed E-state index contributed by atoms with van der Waals surface area (Å²) in [7, 11) is 0. The van der Waals surface area contributed by atoms with Crippen LogP contribution in [-0.2, 0) is 4.79 Å². The first-order valence-electron chi connectivity index (χ1n) is 10.5. The van der Waals surface area contributed by atoms with Crippen LogP contribution >= 0.6 is 0 Å². The molecule has 0 bridgehead atoms. The maximum Gasteiger partial charge on any atom is 0.303 e. The van der Waals surface area contributed by atoms with Gasteiger partial charge < -0.3 is 20.4 Å². The lowest BCUT2D eigenvalue weighted by atomic mass is 9.88. The molecule has 5 nitrogen and oxygen atoms in total. The van der Waals surface area contributed by atoms with Gasteiger partial charge in [-0.15, -0.1) is 0 Å². The Hall–Kier alpha value is -1.17. The third kappa shape index (κ3) is 10.1. The van der Waals surface area contributed by atoms with Crippen molar-refractivity contribution in [2.45, 2.75) is 95.9 Å². The van der Waals surface area contributed by atoms with E-state index in [9.17, 15) is 20.1 Å². The zero-order valence-electron chi connectivity index (χ0n) is 16.7. The second-order valence-electron chi connectivity index (χ2n) is 7.76. The van der Waals surface area contributed by atoms with E-state index in [-0.39, 0.29) is 18.3 Å². The van der Waals surface area contributed by atoms with E-state index in [1.807, 2.05) is 18.2 Å². The van der Waals surface area contributed by atoms with Crippen LogP contribution in [0.15, 0.2) is 24.3 Å². The number of aliphatic hydroxyl groups excluding tert-OH is 3. The van der Waals surface area contributed by atoms with Gasteiger partial charge in [0.15, 0.2) is 0 Å². The fraction of sp³-hybridized carbons (Fsp3) is 0.773. The minimum absolute atomic E-state index is 0.0790. The van der Waals surface area contributed by atoms with E-state index in [0.29, 0.717) is 19.3 Å². The predicted octanol–water partition coefficient (Wildman–Crippen LogP) is 3.82. The molecule has 5 atom stereocenters. The summed E-state index contributed by atoms with van der Waals surface area (Å²) in [5.74, 6) is -0.742. The van der Waals surface area contributed by atoms with Gasteiger partial charge in [0.25, 0.3) is 0 Å². The summed E-state index contributed by atoms with van der Waals surface area (Å²) in [5, 5.41) is 39.1. The van der Waals surface area contributed by atoms with E-state index < -0.39 is 24.3 Å². The number of carbonyl (C=O) groups is 1. The molecule has 0 saturated heterocycles. The Kier molecular flexibility index (Phi) is 12.3. The van der Waals surface area contributed by atoms with Crippen LogP contribution in [0.5, 0.6) is 0 Å². The van der Waals surface area contributed by atoms with Crippen molar-refractivity contribution in [3.8, 4) is 0 Å². The third-order valence-electron chi connectivity index (χ3n) is 5.42. The standard InChI is InChI=1S/C22H38O5/c1-2-3-8-12-18-19(21(25)16-20(18)24)15-14-17(23)11-9-6-4-5-7-10-13-22(26)27/h6,9,14-15,17-21,23-25H,2-5,7-8,10-13,16H2,1H3,(H,26,27)/b9-6-,15-14+/t17-,18-,19-,20+,21-/m0/s1. The molecule has 1 saturated carbocycles. The van der Waals surface area contributed by atoms with Crippen LogP contribution in [-0.4, -0.2) is 44.7 Å². The summed E-state index contributed by atoms with van der Waals surface area (Å²) in [6.07, 6.45) is 14.9. The zero-order chi connectivity index (χ0) is 20.1. The van der Waals surface area contributed by atoms with Gasteiger partial charge in [-0.05, 0) is 38.0 Å². The molecule has 1 aliphatic carbocycles. The van der Waals surface area contributed by atoms with Crippen molar-refractivity contribution in [3.05, 3.63) is 24.3 Å². The third-order valence-corrected chi connectivity index (χ3v) is 5.42. The van der Waals surface area contributed by atoms with Crippen LogP contribution in [0.25, 0.3) is 0 Å². The lowest BCUT2D eigenvalue weighted by molar-refractivity contribution is -0.137. The minimum Gasteiger partial charge on any atom is -0.481 e. The van der Waals surface area contributed by atoms with Gasteiger partial charge in [-0.2, -0.15) is 0 Å². The van der Waals surface area contributed by atoms with Gasteiger partial charge in [-0.25, -0.2) is 0 Å². The molecular formula is C22H38O5. The summed E-state index contributed by atoms with van der Waals surface area (Å²) in [6, 6.07) is 0. The maximum absolute atomic E-state index is 10.4. The Balaban J connectivity index is 2.30. The number of rotatable bonds is 14. The van der Waals surface area contributed by atoms with Crippen molar-refractivity contribution in [2.24, 2.45) is 11.8 Å². The SMILES string of the molecule is CCCCC[C@H]1[C@H](/C=C/[C@@H](O)C/C=C\CCCCCC(=O)O)[C@@H](O)C[C@H]1O. The van der Waals surface area contributed by atoms with Crippen molar-refractivity contribution in [1.82, 2.24) is 0 Å². The van der Waals surface area contributed by atoms with E-state index in [1.165, 1.54) is 0 Å². The van der Waals surface area contributed by atoms with Crippen molar-refractivity contribution in [2.75, 3.05) is 0 Å². The van der Waals surface area contributed by atoms with Crippen LogP contribution in [0.4, 0.5) is 0 Å². The molecule has 0 unspecified atom stereocenters. The summed E-state index contributed by atoms with van der Waals surface area (Å²) in [5.41, 5.74) is 0. The average Bonchev–Trinajstić information content (AvgIpc) is 2.88. The molecule has 0 amide bonds. The van der Waals surface area contributed by atoms with E-state index in [0.717, 1.165) is 44.9 Å². The molecule has 1 fully saturated rings. The van der Waals surface area contributed by atoms with Crippen molar-refractivity contribution >= 4 is 5.97 Å². The molecule has 0 aliphatic heterocycles. The van der Waals surface area contributed by atoms with Gasteiger partial charge in [-0.3, -0.25) is 4.79 Å². The molecule has 0 radical (unpaired) electrons. The largest absolute Gasteiger partial charge is 0.481 e. The van der Waals surface area contributed by atoms with Gasteiger partial charge in [-0.1, -0.05) is 56.9 Å². The Morgan fingerprint density at radius 1 is 1.07 bits per heavy atom. The normalized spacial score (nSPS) is 27.0. The number of hydrogen-bond acceptors (Lipinski definition) is 4. The number of carboxylic acids is 1. The first kappa shape index (κ1) is 23.9. The lowest BCUT2D eigenvalue weighted by Crippen LogP contribution is -2.21. The number of allylic oxidation sites excluding steroid dienone is 1. The number of carboxylic acid groups (broad SMARTS) is 1. The molecule has 0 spiro atoms. The van der Waals surface area contributed by atoms with Gasteiger partial charge in [0.2, 0.25) is 0 Å². The average molecular weight is 383 g/mol. The Labute approximate surface area is 163 Å². The van der Waals surface area contributed by atoms with E-state index in [2.05, 4.69) is 6.92 Å². The molecule has 1 aliphatic rings. The van der Waals surface area contributed by atoms with Gasteiger partial charge in [0.1, 0.15) is 0 Å². The van der Waals surface area contributed by atoms with E-state index >= 15 is 0 Å². The maximum atomic E-state index is 10.4. The predicted molar refractivity (Wildman–Crippen MR) is 107 cm³/mol. The summed E-state index contributed by atoms with van der Waals surface area (Å²) >= 11 is 0. The molecular weight excluding hydrogens is 344 g/mol.